The largest absolute Gasteiger partial charge is 0.492 e. The van der Waals surface area contributed by atoms with Gasteiger partial charge in [-0.3, -0.25) is 13.6 Å². The summed E-state index contributed by atoms with van der Waals surface area (Å²) in [5, 5.41) is 15.3. The number of benzene rings is 1. The fourth-order valence-corrected chi connectivity index (χ4v) is 8.30. The van der Waals surface area contributed by atoms with Crippen LogP contribution in [0.2, 0.25) is 0 Å². The predicted octanol–water partition coefficient (Wildman–Crippen LogP) is 3.71. The molecular formula is C33H43F4N5O6. The number of pyridine rings is 1. The molecule has 7 rings (SSSR count). The highest BCUT2D eigenvalue weighted by molar-refractivity contribution is 5.97. The number of carboxylic acids is 1. The molecule has 0 bridgehead atoms. The van der Waals surface area contributed by atoms with Gasteiger partial charge in [0, 0.05) is 56.2 Å². The molecule has 15 heteroatoms. The molecule has 11 nitrogen and oxygen atoms in total. The van der Waals surface area contributed by atoms with Gasteiger partial charge >= 0.3 is 12.1 Å². The van der Waals surface area contributed by atoms with Crippen molar-refractivity contribution >= 4 is 28.7 Å². The first-order chi connectivity index (χ1) is 22.6. The number of nitrogens with one attached hydrogen (secondary N) is 2. The van der Waals surface area contributed by atoms with Gasteiger partial charge in [0.15, 0.2) is 11.6 Å². The number of methoxy groups -OCH3 is 1. The molecule has 1 aromatic carbocycles. The van der Waals surface area contributed by atoms with E-state index in [9.17, 15) is 32.7 Å². The summed E-state index contributed by atoms with van der Waals surface area (Å²) < 4.78 is 67.3. The Bertz CT molecular complexity index is 1680. The van der Waals surface area contributed by atoms with Crippen molar-refractivity contribution in [2.45, 2.75) is 68.9 Å². The van der Waals surface area contributed by atoms with Gasteiger partial charge in [-0.2, -0.15) is 0 Å². The molecule has 5 N–H and O–H groups in total. The fourth-order valence-electron chi connectivity index (χ4n) is 8.30. The zero-order chi connectivity index (χ0) is 34.9. The summed E-state index contributed by atoms with van der Waals surface area (Å²) in [6.45, 7) is 6.82. The summed E-state index contributed by atoms with van der Waals surface area (Å²) >= 11 is 0. The quantitative estimate of drug-likeness (QED) is 0.321. The smallest absolute Gasteiger partial charge is 0.408 e. The maximum atomic E-state index is 15.3. The Hall–Kier alpha value is -3.59. The van der Waals surface area contributed by atoms with Gasteiger partial charge in [0.2, 0.25) is 5.43 Å². The fraction of sp³-hybridized carbons (Fsp3) is 0.667. The number of alkyl carbamates (subject to hydrolysis) is 1. The van der Waals surface area contributed by atoms with Crippen molar-refractivity contribution in [3.8, 4) is 5.75 Å². The van der Waals surface area contributed by atoms with E-state index < -0.39 is 58.9 Å². The second-order valence-corrected chi connectivity index (χ2v) is 15.0. The number of carbonyl (C=O) groups excluding carboxylic acids is 1. The van der Waals surface area contributed by atoms with Crippen LogP contribution in [-0.2, 0) is 4.74 Å². The van der Waals surface area contributed by atoms with Gasteiger partial charge in [0.1, 0.15) is 23.0 Å². The lowest BCUT2D eigenvalue weighted by Gasteiger charge is -2.50. The monoisotopic (exact) mass is 681 g/mol. The number of alkyl halides is 3. The van der Waals surface area contributed by atoms with Crippen LogP contribution in [0.3, 0.4) is 0 Å². The van der Waals surface area contributed by atoms with Crippen LogP contribution < -0.4 is 31.4 Å². The molecule has 2 aromatic rings. The lowest BCUT2D eigenvalue weighted by atomic mass is 9.61. The van der Waals surface area contributed by atoms with Crippen LogP contribution in [0.1, 0.15) is 56.4 Å². The van der Waals surface area contributed by atoms with E-state index in [0.29, 0.717) is 32.5 Å². The Kier molecular flexibility index (Phi) is 8.62. The lowest BCUT2D eigenvalue weighted by Crippen LogP contribution is -2.65. The number of anilines is 1. The number of hydrogen-bond acceptors (Lipinski definition) is 8. The number of nitrogens with zero attached hydrogens (tertiary/aromatic N) is 2. The Morgan fingerprint density at radius 3 is 2.44 bits per heavy atom. The van der Waals surface area contributed by atoms with Crippen LogP contribution in [0, 0.1) is 29.5 Å². The first kappa shape index (κ1) is 34.3. The van der Waals surface area contributed by atoms with Crippen molar-refractivity contribution in [2.24, 2.45) is 29.4 Å². The average molecular weight is 682 g/mol. The molecule has 1 aromatic heterocycles. The number of aromatic nitrogens is 1. The molecule has 5 fully saturated rings. The third-order valence-corrected chi connectivity index (χ3v) is 10.7. The van der Waals surface area contributed by atoms with Crippen LogP contribution in [-0.4, -0.2) is 91.2 Å². The average Bonchev–Trinajstić information content (AvgIpc) is 3.56. The number of halogens is 4. The van der Waals surface area contributed by atoms with Gasteiger partial charge in [0.25, 0.3) is 0 Å². The highest BCUT2D eigenvalue weighted by Crippen LogP contribution is 2.52. The molecule has 48 heavy (non-hydrogen) atoms. The molecule has 3 aliphatic carbocycles. The molecule has 0 spiro atoms. The number of carboxylic acid groups (broad SMARTS) is 1. The number of carbonyl (C=O) groups is 2. The first-order valence-electron chi connectivity index (χ1n) is 16.3. The number of fused-ring (bicyclic) bond motifs is 3. The number of ether oxygens (including phenoxy) is 2. The van der Waals surface area contributed by atoms with Crippen molar-refractivity contribution in [1.82, 2.24) is 15.2 Å². The van der Waals surface area contributed by atoms with E-state index in [-0.39, 0.29) is 64.6 Å². The van der Waals surface area contributed by atoms with Gasteiger partial charge in [-0.25, -0.2) is 18.4 Å². The van der Waals surface area contributed by atoms with E-state index in [4.69, 9.17) is 15.2 Å². The highest BCUT2D eigenvalue weighted by atomic mass is 19.1. The van der Waals surface area contributed by atoms with E-state index in [0.717, 1.165) is 18.8 Å². The van der Waals surface area contributed by atoms with Gasteiger partial charge in [-0.1, -0.05) is 0 Å². The highest BCUT2D eigenvalue weighted by Gasteiger charge is 2.58. The van der Waals surface area contributed by atoms with Gasteiger partial charge in [0.05, 0.1) is 42.9 Å². The Balaban J connectivity index is 0.000000200. The van der Waals surface area contributed by atoms with Crippen molar-refractivity contribution in [3.63, 3.8) is 0 Å². The van der Waals surface area contributed by atoms with E-state index in [2.05, 4.69) is 10.6 Å². The Labute approximate surface area is 275 Å². The molecule has 3 saturated carbocycles. The summed E-state index contributed by atoms with van der Waals surface area (Å²) in [5.74, 6) is -2.25. The maximum Gasteiger partial charge on any atom is 0.408 e. The molecular weight excluding hydrogens is 638 g/mol. The second-order valence-electron chi connectivity index (χ2n) is 15.0. The Morgan fingerprint density at radius 2 is 1.85 bits per heavy atom. The summed E-state index contributed by atoms with van der Waals surface area (Å²) in [5.41, 5.74) is 3.78. The molecule has 5 aliphatic rings. The number of rotatable bonds is 7. The summed E-state index contributed by atoms with van der Waals surface area (Å²) in [6.07, 6.45) is 0.858. The minimum atomic E-state index is -1.47. The Morgan fingerprint density at radius 1 is 1.19 bits per heavy atom. The summed E-state index contributed by atoms with van der Waals surface area (Å²) in [4.78, 5) is 37.7. The van der Waals surface area contributed by atoms with E-state index in [1.54, 1.807) is 4.90 Å². The van der Waals surface area contributed by atoms with E-state index in [1.807, 2.05) is 20.8 Å². The number of nitrogens with two attached hydrogens (primary N) is 1. The summed E-state index contributed by atoms with van der Waals surface area (Å²) in [7, 11) is 1.31. The zero-order valence-electron chi connectivity index (χ0n) is 27.5. The van der Waals surface area contributed by atoms with Gasteiger partial charge < -0.3 is 40.4 Å². The van der Waals surface area contributed by atoms with Crippen molar-refractivity contribution in [1.29, 1.82) is 0 Å². The molecule has 264 valence electrons. The van der Waals surface area contributed by atoms with Crippen LogP contribution in [0.25, 0.3) is 10.9 Å². The predicted molar refractivity (Wildman–Crippen MR) is 169 cm³/mol. The van der Waals surface area contributed by atoms with Crippen LogP contribution >= 0.6 is 0 Å². The SMILES string of the molecule is CC(C)(C)OC(=O)N[C@]12CNC[C@H]1C(CF)C2.COc1c(N2C[C@H]3C(CF)C[C@@]3(N)C2)c(F)cc2c(=O)c(C(=O)O)cn([C@@H]3C[C@@H]3F)c12. The molecule has 0 radical (unpaired) electrons. The summed E-state index contributed by atoms with van der Waals surface area (Å²) in [6, 6.07) is 0.310. The molecule has 1 amide bonds. The molecule has 8 atom stereocenters. The molecule has 2 aliphatic heterocycles. The number of aromatic carboxylic acids is 1. The molecule has 3 heterocycles. The topological polar surface area (TPSA) is 148 Å². The second kappa shape index (κ2) is 12.1. The van der Waals surface area contributed by atoms with Crippen LogP contribution in [0.4, 0.5) is 28.0 Å². The molecule has 2 saturated heterocycles. The van der Waals surface area contributed by atoms with Gasteiger partial charge in [-0.15, -0.1) is 0 Å². The number of amides is 1. The maximum absolute atomic E-state index is 15.3. The standard InChI is InChI=1S/C21H22F3N3O4.C12H21FN2O2/c1-31-19-16-10(18(28)11(20(29)30)6-27(16)15-3-13(15)23)2-14(24)17(19)26-7-12-9(5-22)4-21(12,25)8-26;1-11(2,3)17-10(16)15-12-4-8(5-13)9(12)6-14-7-12/h2,6,9,12-13,15H,3-5,7-8,25H2,1H3,(H,29,30);8-9,14H,4-7H2,1-3H3,(H,15,16)/t9?,12-,13-,15+,21+;8?,9-,12+/m00/s1. The zero-order valence-corrected chi connectivity index (χ0v) is 27.5. The molecule has 2 unspecified atom stereocenters. The number of hydrogen-bond donors (Lipinski definition) is 4. The van der Waals surface area contributed by atoms with Crippen LogP contribution in [0.5, 0.6) is 5.75 Å². The van der Waals surface area contributed by atoms with Crippen molar-refractivity contribution in [2.75, 3.05) is 51.5 Å². The van der Waals surface area contributed by atoms with Crippen molar-refractivity contribution in [3.05, 3.63) is 33.9 Å². The minimum absolute atomic E-state index is 0.0184. The van der Waals surface area contributed by atoms with E-state index >= 15 is 4.39 Å². The minimum Gasteiger partial charge on any atom is -0.492 e. The normalized spacial score (nSPS) is 33.1. The van der Waals surface area contributed by atoms with Crippen molar-refractivity contribution < 1.29 is 41.7 Å². The third-order valence-electron chi connectivity index (χ3n) is 10.7. The first-order valence-corrected chi connectivity index (χ1v) is 16.3. The third kappa shape index (κ3) is 5.76. The van der Waals surface area contributed by atoms with Gasteiger partial charge in [-0.05, 0) is 51.5 Å². The lowest BCUT2D eigenvalue weighted by molar-refractivity contribution is 0.00569. The van der Waals surface area contributed by atoms with E-state index in [1.165, 1.54) is 11.7 Å². The van der Waals surface area contributed by atoms with Crippen LogP contribution in [0.15, 0.2) is 17.1 Å².